The fourth-order valence-electron chi connectivity index (χ4n) is 10.7. The van der Waals surface area contributed by atoms with Gasteiger partial charge in [-0.1, -0.05) is 182 Å². The van der Waals surface area contributed by atoms with Crippen LogP contribution < -0.4 is 0 Å². The molecular weight excluding hydrogens is 985 g/mol. The summed E-state index contributed by atoms with van der Waals surface area (Å²) in [4.78, 5) is 0. The molecule has 0 aliphatic carbocycles. The summed E-state index contributed by atoms with van der Waals surface area (Å²) < 4.78 is 80.7. The molecule has 11 atom stereocenters. The third kappa shape index (κ3) is 15.4. The molecule has 0 spiro atoms. The van der Waals surface area contributed by atoms with E-state index in [1.54, 1.807) is 7.11 Å². The molecule has 4 heterocycles. The van der Waals surface area contributed by atoms with Gasteiger partial charge in [-0.05, 0) is 65.8 Å². The number of methoxy groups -OCH3 is 1. The summed E-state index contributed by atoms with van der Waals surface area (Å²) >= 11 is 0. The predicted molar refractivity (Wildman–Crippen MR) is 295 cm³/mol. The summed E-state index contributed by atoms with van der Waals surface area (Å²) in [7, 11) is 1.68. The normalized spacial score (nSPS) is 26.5. The summed E-state index contributed by atoms with van der Waals surface area (Å²) in [5.74, 6) is 0.268. The minimum Gasteiger partial charge on any atom is -0.490 e. The van der Waals surface area contributed by atoms with Crippen LogP contribution in [0.1, 0.15) is 66.5 Å². The molecule has 78 heavy (non-hydrogen) atoms. The zero-order valence-electron chi connectivity index (χ0n) is 45.0. The first-order valence-corrected chi connectivity index (χ1v) is 27.5. The zero-order valence-corrected chi connectivity index (χ0v) is 45.0. The van der Waals surface area contributed by atoms with Gasteiger partial charge < -0.3 is 56.8 Å². The maximum Gasteiger partial charge on any atom is 0.163 e. The van der Waals surface area contributed by atoms with Crippen LogP contribution in [-0.2, 0) is 96.5 Å². The quantitative estimate of drug-likeness (QED) is 0.0516. The molecule has 4 aliphatic rings. The van der Waals surface area contributed by atoms with E-state index in [0.29, 0.717) is 64.7 Å². The van der Waals surface area contributed by atoms with E-state index in [4.69, 9.17) is 56.8 Å². The Morgan fingerprint density at radius 2 is 0.795 bits per heavy atom. The van der Waals surface area contributed by atoms with E-state index in [1.165, 1.54) is 0 Å². The van der Waals surface area contributed by atoms with Crippen LogP contribution in [0.3, 0.4) is 0 Å². The van der Waals surface area contributed by atoms with Crippen LogP contribution >= 0.6 is 0 Å². The van der Waals surface area contributed by atoms with Crippen molar-refractivity contribution in [1.82, 2.24) is 0 Å². The van der Waals surface area contributed by atoms with Gasteiger partial charge in [0.05, 0.1) is 76.6 Å². The Kier molecular flexibility index (Phi) is 19.7. The van der Waals surface area contributed by atoms with Crippen LogP contribution in [0.15, 0.2) is 206 Å². The van der Waals surface area contributed by atoms with Crippen molar-refractivity contribution < 1.29 is 56.8 Å². The van der Waals surface area contributed by atoms with Gasteiger partial charge in [0, 0.05) is 25.9 Å². The molecule has 0 N–H and O–H groups in total. The minimum atomic E-state index is -0.896. The molecule has 2 saturated heterocycles. The first kappa shape index (κ1) is 55.3. The second-order valence-electron chi connectivity index (χ2n) is 20.9. The van der Waals surface area contributed by atoms with Crippen molar-refractivity contribution in [1.29, 1.82) is 0 Å². The fraction of sp³-hybridized carbons (Fsp3) is 0.394. The Bertz CT molecular complexity index is 2750. The molecule has 6 aromatic rings. The van der Waals surface area contributed by atoms with Gasteiger partial charge in [0.2, 0.25) is 0 Å². The number of benzene rings is 6. The first-order valence-electron chi connectivity index (χ1n) is 27.5. The van der Waals surface area contributed by atoms with Gasteiger partial charge in [-0.3, -0.25) is 0 Å². The Morgan fingerprint density at radius 1 is 0.423 bits per heavy atom. The van der Waals surface area contributed by atoms with E-state index in [0.717, 1.165) is 39.1 Å². The molecule has 4 aliphatic heterocycles. The molecule has 2 fully saturated rings. The van der Waals surface area contributed by atoms with Gasteiger partial charge >= 0.3 is 0 Å². The van der Waals surface area contributed by atoms with Crippen molar-refractivity contribution >= 4 is 0 Å². The van der Waals surface area contributed by atoms with E-state index in [-0.39, 0.29) is 19.1 Å². The van der Waals surface area contributed by atoms with Crippen LogP contribution in [0.2, 0.25) is 0 Å². The Hall–Kier alpha value is -6.00. The number of hydrogen-bond acceptors (Lipinski definition) is 12. The summed E-state index contributed by atoms with van der Waals surface area (Å²) in [5.41, 5.74) is 6.37. The lowest BCUT2D eigenvalue weighted by atomic mass is 9.85. The molecule has 0 amide bonds. The summed E-state index contributed by atoms with van der Waals surface area (Å²) in [6, 6.07) is 61.0. The molecular formula is C66H74O12. The molecule has 0 radical (unpaired) electrons. The van der Waals surface area contributed by atoms with Crippen LogP contribution in [-0.4, -0.2) is 87.3 Å². The van der Waals surface area contributed by atoms with Crippen LogP contribution in [0.4, 0.5) is 0 Å². The van der Waals surface area contributed by atoms with E-state index in [1.807, 2.05) is 123 Å². The fourth-order valence-corrected chi connectivity index (χ4v) is 10.7. The van der Waals surface area contributed by atoms with Gasteiger partial charge in [-0.15, -0.1) is 0 Å². The number of allylic oxidation sites excluding steroid dienone is 2. The van der Waals surface area contributed by atoms with Crippen LogP contribution in [0, 0.1) is 5.92 Å². The molecule has 410 valence electrons. The largest absolute Gasteiger partial charge is 0.490 e. The average molecular weight is 1060 g/mol. The third-order valence-corrected chi connectivity index (χ3v) is 14.6. The lowest BCUT2D eigenvalue weighted by Crippen LogP contribution is -2.54. The van der Waals surface area contributed by atoms with Crippen LogP contribution in [0.5, 0.6) is 0 Å². The number of rotatable bonds is 26. The SMILES string of the molecule is CO[C@@H]1O[C@H](CCC2=C[C@@H](OCc3ccccc3)[C@H](OCc3ccccc3)[C@@H](COCc3ccccc3)O2)[C@@H]2OC(C)(C)O[C@@H]2[C@H]1CC1=C[C@@H](OCc2ccccc2)[C@H](OCc2ccccc2)[C@@H](COCc2ccccc2)O1. The van der Waals surface area contributed by atoms with Gasteiger partial charge in [-0.2, -0.15) is 0 Å². The van der Waals surface area contributed by atoms with Gasteiger partial charge in [0.15, 0.2) is 24.3 Å². The van der Waals surface area contributed by atoms with Crippen molar-refractivity contribution in [2.45, 2.75) is 140 Å². The molecule has 0 aromatic heterocycles. The second-order valence-corrected chi connectivity index (χ2v) is 20.9. The zero-order chi connectivity index (χ0) is 53.4. The minimum absolute atomic E-state index is 0.266. The highest BCUT2D eigenvalue weighted by Crippen LogP contribution is 2.45. The highest BCUT2D eigenvalue weighted by Gasteiger charge is 2.56. The van der Waals surface area contributed by atoms with Gasteiger partial charge in [0.1, 0.15) is 30.5 Å². The van der Waals surface area contributed by atoms with E-state index in [2.05, 4.69) is 84.9 Å². The van der Waals surface area contributed by atoms with Crippen LogP contribution in [0.25, 0.3) is 0 Å². The molecule has 0 bridgehead atoms. The predicted octanol–water partition coefficient (Wildman–Crippen LogP) is 12.0. The Labute approximate surface area is 460 Å². The van der Waals surface area contributed by atoms with Gasteiger partial charge in [0.25, 0.3) is 0 Å². The third-order valence-electron chi connectivity index (χ3n) is 14.6. The molecule has 10 rings (SSSR count). The number of ether oxygens (including phenoxy) is 12. The lowest BCUT2D eigenvalue weighted by Gasteiger charge is -2.43. The Balaban J connectivity index is 0.882. The van der Waals surface area contributed by atoms with Crippen molar-refractivity contribution in [2.24, 2.45) is 5.92 Å². The smallest absolute Gasteiger partial charge is 0.163 e. The second kappa shape index (κ2) is 27.7. The van der Waals surface area contributed by atoms with Crippen molar-refractivity contribution in [3.63, 3.8) is 0 Å². The van der Waals surface area contributed by atoms with E-state index < -0.39 is 67.0 Å². The summed E-state index contributed by atoms with van der Waals surface area (Å²) in [6.07, 6.45) is 0.843. The Morgan fingerprint density at radius 3 is 1.22 bits per heavy atom. The summed E-state index contributed by atoms with van der Waals surface area (Å²) in [5, 5.41) is 0. The molecule has 0 saturated carbocycles. The highest BCUT2D eigenvalue weighted by atomic mass is 16.8. The van der Waals surface area contributed by atoms with Crippen molar-refractivity contribution in [2.75, 3.05) is 20.3 Å². The average Bonchev–Trinajstić information content (AvgIpc) is 3.96. The number of fused-ring (bicyclic) bond motifs is 1. The van der Waals surface area contributed by atoms with E-state index in [9.17, 15) is 0 Å². The van der Waals surface area contributed by atoms with E-state index >= 15 is 0 Å². The molecule has 12 nitrogen and oxygen atoms in total. The monoisotopic (exact) mass is 1060 g/mol. The summed E-state index contributed by atoms with van der Waals surface area (Å²) in [6.45, 7) is 6.86. The molecule has 6 aromatic carbocycles. The first-order chi connectivity index (χ1) is 38.3. The maximum absolute atomic E-state index is 7.00. The lowest BCUT2D eigenvalue weighted by molar-refractivity contribution is -0.254. The molecule has 12 heteroatoms. The standard InChI is InChI=1S/C66H74O12/c1-66(2)77-61-55(36-54-38-58(71-42-50-28-16-7-17-29-50)63(73-44-52-32-20-9-21-33-52)60(75-54)46-69-40-48-24-12-5-13-25-48)65(67-3)76-56(64(61)78-66)35-34-53-37-57(70-41-49-26-14-6-15-27-49)62(72-43-51-30-18-8-19-31-51)59(74-53)45-68-39-47-22-10-4-11-23-47/h4-33,37-38,55-65H,34-36,39-46H2,1-3H3/t55-,56-,57-,58-,59-,60-,61-,62+,63+,64+,65-/m1/s1. The highest BCUT2D eigenvalue weighted by molar-refractivity contribution is 5.20. The van der Waals surface area contributed by atoms with Crippen molar-refractivity contribution in [3.8, 4) is 0 Å². The maximum atomic E-state index is 7.00. The van der Waals surface area contributed by atoms with Crippen molar-refractivity contribution in [3.05, 3.63) is 239 Å². The topological polar surface area (TPSA) is 111 Å². The molecule has 0 unspecified atom stereocenters. The number of hydrogen-bond donors (Lipinski definition) is 0. The van der Waals surface area contributed by atoms with Gasteiger partial charge in [-0.25, -0.2) is 0 Å².